The first-order chi connectivity index (χ1) is 10.5. The molecule has 5 nitrogen and oxygen atoms in total. The minimum atomic E-state index is -1.10. The lowest BCUT2D eigenvalue weighted by Crippen LogP contribution is -1.97. The van der Waals surface area contributed by atoms with Crippen LogP contribution >= 0.6 is 11.6 Å². The Morgan fingerprint density at radius 1 is 1.41 bits per heavy atom. The maximum Gasteiger partial charge on any atom is 0.335 e. The fraction of sp³-hybridized carbons (Fsp3) is 0.0667. The summed E-state index contributed by atoms with van der Waals surface area (Å²) in [6.45, 7) is 0. The average molecular weight is 321 g/mol. The number of rotatable bonds is 3. The van der Waals surface area contributed by atoms with Crippen LogP contribution < -0.4 is 4.74 Å². The molecule has 3 aromatic rings. The molecule has 0 fully saturated rings. The topological polar surface area (TPSA) is 75.2 Å². The molecular formula is C15H10ClFN2O3. The summed E-state index contributed by atoms with van der Waals surface area (Å²) in [5.74, 6) is -1.13. The van der Waals surface area contributed by atoms with Gasteiger partial charge in [0.25, 0.3) is 0 Å². The van der Waals surface area contributed by atoms with E-state index < -0.39 is 11.8 Å². The summed E-state index contributed by atoms with van der Waals surface area (Å²) in [7, 11) is 1.41. The summed E-state index contributed by atoms with van der Waals surface area (Å²) < 4.78 is 19.1. The van der Waals surface area contributed by atoms with Crippen LogP contribution in [0.2, 0.25) is 5.02 Å². The molecule has 0 aliphatic rings. The third kappa shape index (κ3) is 2.27. The standard InChI is InChI=1S/C15H10ClFN2O3/c1-22-11-6-7(15(20)21)5-10-13(11)19-14(18-10)12-8(16)3-2-4-9(12)17/h2-6H,1H3,(H,18,19)(H,20,21). The highest BCUT2D eigenvalue weighted by Crippen LogP contribution is 2.33. The third-order valence-corrected chi connectivity index (χ3v) is 3.53. The second-order valence-corrected chi connectivity index (χ2v) is 4.97. The monoisotopic (exact) mass is 320 g/mol. The van der Waals surface area contributed by atoms with Gasteiger partial charge in [-0.25, -0.2) is 14.2 Å². The number of imidazole rings is 1. The van der Waals surface area contributed by atoms with Gasteiger partial charge in [-0.2, -0.15) is 0 Å². The predicted octanol–water partition coefficient (Wildman–Crippen LogP) is 3.73. The van der Waals surface area contributed by atoms with Gasteiger partial charge >= 0.3 is 5.97 Å². The number of hydrogen-bond acceptors (Lipinski definition) is 3. The number of halogens is 2. The minimum Gasteiger partial charge on any atom is -0.494 e. The molecule has 1 heterocycles. The summed E-state index contributed by atoms with van der Waals surface area (Å²) in [6, 6.07) is 7.08. The van der Waals surface area contributed by atoms with Gasteiger partial charge in [-0.1, -0.05) is 17.7 Å². The molecular weight excluding hydrogens is 311 g/mol. The van der Waals surface area contributed by atoms with Crippen LogP contribution in [0.4, 0.5) is 4.39 Å². The van der Waals surface area contributed by atoms with Gasteiger partial charge in [0.2, 0.25) is 0 Å². The Balaban J connectivity index is 2.28. The molecule has 2 N–H and O–H groups in total. The van der Waals surface area contributed by atoms with Gasteiger partial charge in [0.05, 0.1) is 28.8 Å². The molecule has 0 radical (unpaired) electrons. The highest BCUT2D eigenvalue weighted by Gasteiger charge is 2.17. The number of carboxylic acids is 1. The van der Waals surface area contributed by atoms with Crippen molar-refractivity contribution < 1.29 is 19.0 Å². The number of nitrogens with zero attached hydrogens (tertiary/aromatic N) is 1. The molecule has 0 amide bonds. The number of aromatic nitrogens is 2. The maximum atomic E-state index is 14.0. The Morgan fingerprint density at radius 3 is 2.82 bits per heavy atom. The van der Waals surface area contributed by atoms with E-state index in [1.807, 2.05) is 0 Å². The van der Waals surface area contributed by atoms with E-state index in [0.717, 1.165) is 0 Å². The summed E-state index contributed by atoms with van der Waals surface area (Å²) in [5.41, 5.74) is 0.992. The van der Waals surface area contributed by atoms with E-state index in [4.69, 9.17) is 21.4 Å². The summed E-state index contributed by atoms with van der Waals surface area (Å²) >= 11 is 6.02. The number of benzene rings is 2. The first-order valence-electron chi connectivity index (χ1n) is 6.26. The smallest absolute Gasteiger partial charge is 0.335 e. The molecule has 112 valence electrons. The zero-order valence-corrected chi connectivity index (χ0v) is 12.1. The number of hydrogen-bond donors (Lipinski definition) is 2. The van der Waals surface area contributed by atoms with Crippen LogP contribution in [0.25, 0.3) is 22.4 Å². The lowest BCUT2D eigenvalue weighted by atomic mass is 10.2. The molecule has 0 saturated carbocycles. The zero-order chi connectivity index (χ0) is 15.9. The first kappa shape index (κ1) is 14.3. The molecule has 0 spiro atoms. The van der Waals surface area contributed by atoms with Gasteiger partial charge in [-0.05, 0) is 24.3 Å². The summed E-state index contributed by atoms with van der Waals surface area (Å²) in [6.07, 6.45) is 0. The van der Waals surface area contributed by atoms with Crippen molar-refractivity contribution in [1.82, 2.24) is 9.97 Å². The third-order valence-electron chi connectivity index (χ3n) is 3.22. The molecule has 2 aromatic carbocycles. The predicted molar refractivity (Wildman–Crippen MR) is 80.0 cm³/mol. The number of methoxy groups -OCH3 is 1. The Hall–Kier alpha value is -2.60. The van der Waals surface area contributed by atoms with Crippen molar-refractivity contribution in [3.8, 4) is 17.1 Å². The van der Waals surface area contributed by atoms with Gasteiger partial charge < -0.3 is 14.8 Å². The molecule has 0 unspecified atom stereocenters. The fourth-order valence-electron chi connectivity index (χ4n) is 2.21. The molecule has 3 rings (SSSR count). The second kappa shape index (κ2) is 5.31. The average Bonchev–Trinajstić information content (AvgIpc) is 2.89. The summed E-state index contributed by atoms with van der Waals surface area (Å²) in [5, 5.41) is 9.31. The molecule has 0 saturated heterocycles. The van der Waals surface area contributed by atoms with Crippen molar-refractivity contribution in [3.63, 3.8) is 0 Å². The van der Waals surface area contributed by atoms with Crippen LogP contribution in [0.1, 0.15) is 10.4 Å². The normalized spacial score (nSPS) is 10.9. The van der Waals surface area contributed by atoms with E-state index in [1.54, 1.807) is 6.07 Å². The van der Waals surface area contributed by atoms with E-state index >= 15 is 0 Å². The maximum absolute atomic E-state index is 14.0. The van der Waals surface area contributed by atoms with Crippen molar-refractivity contribution in [2.24, 2.45) is 0 Å². The number of aromatic amines is 1. The van der Waals surface area contributed by atoms with E-state index in [1.165, 1.54) is 31.4 Å². The Labute approximate surface area is 129 Å². The van der Waals surface area contributed by atoms with Crippen molar-refractivity contribution in [1.29, 1.82) is 0 Å². The second-order valence-electron chi connectivity index (χ2n) is 4.56. The Morgan fingerprint density at radius 2 is 2.18 bits per heavy atom. The van der Waals surface area contributed by atoms with Crippen LogP contribution in [0.3, 0.4) is 0 Å². The van der Waals surface area contributed by atoms with Gasteiger partial charge in [-0.3, -0.25) is 0 Å². The number of H-pyrrole nitrogens is 1. The van der Waals surface area contributed by atoms with E-state index in [0.29, 0.717) is 11.0 Å². The van der Waals surface area contributed by atoms with Gasteiger partial charge in [-0.15, -0.1) is 0 Å². The molecule has 0 aliphatic heterocycles. The SMILES string of the molecule is COc1cc(C(=O)O)cc2[nH]c(-c3c(F)cccc3Cl)nc12. The number of ether oxygens (including phenoxy) is 1. The molecule has 7 heteroatoms. The number of carboxylic acid groups (broad SMARTS) is 1. The zero-order valence-electron chi connectivity index (χ0n) is 11.4. The van der Waals surface area contributed by atoms with Gasteiger partial charge in [0.1, 0.15) is 22.9 Å². The van der Waals surface area contributed by atoms with Crippen molar-refractivity contribution in [2.45, 2.75) is 0 Å². The molecule has 22 heavy (non-hydrogen) atoms. The largest absolute Gasteiger partial charge is 0.494 e. The van der Waals surface area contributed by atoms with Crippen molar-refractivity contribution >= 4 is 28.6 Å². The fourth-order valence-corrected chi connectivity index (χ4v) is 2.46. The van der Waals surface area contributed by atoms with E-state index in [2.05, 4.69) is 9.97 Å². The molecule has 0 aliphatic carbocycles. The molecule has 0 bridgehead atoms. The van der Waals surface area contributed by atoms with Crippen LogP contribution in [-0.2, 0) is 0 Å². The Kier molecular flexibility index (Phi) is 3.46. The number of carbonyl (C=O) groups is 1. The lowest BCUT2D eigenvalue weighted by Gasteiger charge is -2.02. The quantitative estimate of drug-likeness (QED) is 0.771. The molecule has 1 aromatic heterocycles. The summed E-state index contributed by atoms with van der Waals surface area (Å²) in [4.78, 5) is 18.3. The van der Waals surface area contributed by atoms with Crippen LogP contribution in [0, 0.1) is 5.82 Å². The van der Waals surface area contributed by atoms with Gasteiger partial charge in [0, 0.05) is 0 Å². The van der Waals surface area contributed by atoms with Crippen LogP contribution in [0.5, 0.6) is 5.75 Å². The van der Waals surface area contributed by atoms with Crippen LogP contribution in [0.15, 0.2) is 30.3 Å². The Bertz CT molecular complexity index is 872. The lowest BCUT2D eigenvalue weighted by molar-refractivity contribution is 0.0696. The highest BCUT2D eigenvalue weighted by atomic mass is 35.5. The van der Waals surface area contributed by atoms with Crippen molar-refractivity contribution in [3.05, 3.63) is 46.7 Å². The molecule has 0 atom stereocenters. The van der Waals surface area contributed by atoms with E-state index in [9.17, 15) is 9.18 Å². The van der Waals surface area contributed by atoms with E-state index in [-0.39, 0.29) is 27.7 Å². The minimum absolute atomic E-state index is 0.0409. The first-order valence-corrected chi connectivity index (χ1v) is 6.64. The van der Waals surface area contributed by atoms with Crippen molar-refractivity contribution in [2.75, 3.05) is 7.11 Å². The number of aromatic carboxylic acids is 1. The number of fused-ring (bicyclic) bond motifs is 1. The highest BCUT2D eigenvalue weighted by molar-refractivity contribution is 6.33. The number of nitrogens with one attached hydrogen (secondary N) is 1. The van der Waals surface area contributed by atoms with Gasteiger partial charge in [0.15, 0.2) is 0 Å². The van der Waals surface area contributed by atoms with Crippen LogP contribution in [-0.4, -0.2) is 28.2 Å².